The lowest BCUT2D eigenvalue weighted by molar-refractivity contribution is -0.948. The molecule has 0 aromatic heterocycles. The van der Waals surface area contributed by atoms with Gasteiger partial charge in [0.2, 0.25) is 0 Å². The number of hydrogen-bond acceptors (Lipinski definition) is 1. The van der Waals surface area contributed by atoms with Crippen molar-refractivity contribution in [3.63, 3.8) is 0 Å². The van der Waals surface area contributed by atoms with Crippen LogP contribution in [0.5, 0.6) is 0 Å². The van der Waals surface area contributed by atoms with E-state index >= 15 is 0 Å². The maximum atomic E-state index is 9.60. The Morgan fingerprint density at radius 1 is 0.857 bits per heavy atom. The van der Waals surface area contributed by atoms with Crippen molar-refractivity contribution in [1.82, 2.24) is 0 Å². The average Bonchev–Trinajstić information content (AvgIpc) is 2.88. The van der Waals surface area contributed by atoms with Crippen molar-refractivity contribution in [2.24, 2.45) is 0 Å². The zero-order chi connectivity index (χ0) is 14.9. The molecule has 2 aromatic carbocycles. The van der Waals surface area contributed by atoms with Gasteiger partial charge in [0.1, 0.15) is 12.6 Å². The molecule has 0 aliphatic heterocycles. The molecule has 110 valence electrons. The molecule has 0 bridgehead atoms. The Balaban J connectivity index is 2.22. The molecule has 0 fully saturated rings. The summed E-state index contributed by atoms with van der Waals surface area (Å²) < 4.78 is 0.921. The van der Waals surface area contributed by atoms with Gasteiger partial charge in [-0.3, -0.25) is 0 Å². The molecule has 21 heavy (non-hydrogen) atoms. The Bertz CT molecular complexity index is 585. The van der Waals surface area contributed by atoms with Crippen molar-refractivity contribution < 1.29 is 9.59 Å². The van der Waals surface area contributed by atoms with Crippen molar-refractivity contribution in [2.75, 3.05) is 26.2 Å². The summed E-state index contributed by atoms with van der Waals surface area (Å²) in [6.45, 7) is 7.59. The fraction of sp³-hybridized carbons (Fsp3) is 0.368. The van der Waals surface area contributed by atoms with Crippen LogP contribution in [0.3, 0.4) is 0 Å². The summed E-state index contributed by atoms with van der Waals surface area (Å²) in [5.41, 5.74) is 5.55. The quantitative estimate of drug-likeness (QED) is 0.831. The number of nitrogens with zero attached hydrogens (tertiary/aromatic N) is 1. The van der Waals surface area contributed by atoms with E-state index in [1.807, 2.05) is 0 Å². The van der Waals surface area contributed by atoms with E-state index in [9.17, 15) is 5.11 Å². The minimum Gasteiger partial charge on any atom is -0.391 e. The van der Waals surface area contributed by atoms with Gasteiger partial charge < -0.3 is 9.59 Å². The van der Waals surface area contributed by atoms with Crippen LogP contribution in [-0.2, 0) is 0 Å². The lowest BCUT2D eigenvalue weighted by Gasteiger charge is -2.42. The van der Waals surface area contributed by atoms with Gasteiger partial charge >= 0.3 is 0 Å². The van der Waals surface area contributed by atoms with Crippen molar-refractivity contribution in [3.8, 4) is 11.1 Å². The Hall–Kier alpha value is -1.64. The second-order valence-corrected chi connectivity index (χ2v) is 5.88. The molecule has 2 heteroatoms. The maximum absolute atomic E-state index is 9.60. The van der Waals surface area contributed by atoms with E-state index in [1.165, 1.54) is 22.3 Å². The minimum absolute atomic E-state index is 0.239. The topological polar surface area (TPSA) is 20.2 Å². The van der Waals surface area contributed by atoms with Gasteiger partial charge in [-0.05, 0) is 25.0 Å². The number of hydrogen-bond donors (Lipinski definition) is 1. The van der Waals surface area contributed by atoms with Crippen LogP contribution < -0.4 is 0 Å². The van der Waals surface area contributed by atoms with E-state index in [4.69, 9.17) is 0 Å². The fourth-order valence-corrected chi connectivity index (χ4v) is 3.95. The highest BCUT2D eigenvalue weighted by molar-refractivity contribution is 5.77. The van der Waals surface area contributed by atoms with E-state index in [-0.39, 0.29) is 6.61 Å². The van der Waals surface area contributed by atoms with Gasteiger partial charge in [0, 0.05) is 11.1 Å². The summed E-state index contributed by atoms with van der Waals surface area (Å²) in [4.78, 5) is 0. The molecule has 1 N–H and O–H groups in total. The Morgan fingerprint density at radius 2 is 1.33 bits per heavy atom. The van der Waals surface area contributed by atoms with Crippen molar-refractivity contribution in [3.05, 3.63) is 59.7 Å². The molecule has 0 saturated heterocycles. The lowest BCUT2D eigenvalue weighted by Crippen LogP contribution is -2.52. The minimum atomic E-state index is 0.239. The number of benzene rings is 2. The van der Waals surface area contributed by atoms with Crippen LogP contribution in [0.2, 0.25) is 0 Å². The molecule has 1 aliphatic rings. The van der Waals surface area contributed by atoms with Gasteiger partial charge in [0.25, 0.3) is 0 Å². The zero-order valence-electron chi connectivity index (χ0n) is 12.9. The van der Waals surface area contributed by atoms with Gasteiger partial charge in [0.05, 0.1) is 19.7 Å². The Kier molecular flexibility index (Phi) is 3.83. The van der Waals surface area contributed by atoms with Gasteiger partial charge in [-0.15, -0.1) is 0 Å². The summed E-state index contributed by atoms with van der Waals surface area (Å²) >= 11 is 0. The maximum Gasteiger partial charge on any atom is 0.142 e. The monoisotopic (exact) mass is 282 g/mol. The largest absolute Gasteiger partial charge is 0.391 e. The lowest BCUT2D eigenvalue weighted by atomic mass is 10.00. The standard InChI is InChI=1S/C19H24NO/c1-3-20(4-2,13-14-21)19-17-11-7-5-9-15(17)16-10-6-8-12-18(16)19/h5-12,19,21H,3-4,13-14H2,1-2H3/q+1. The van der Waals surface area contributed by atoms with E-state index in [0.29, 0.717) is 6.04 Å². The summed E-state index contributed by atoms with van der Waals surface area (Å²) in [7, 11) is 0. The number of quaternary nitrogens is 1. The first-order valence-electron chi connectivity index (χ1n) is 7.92. The van der Waals surface area contributed by atoms with E-state index < -0.39 is 0 Å². The highest BCUT2D eigenvalue weighted by atomic mass is 16.3. The first-order valence-corrected chi connectivity index (χ1v) is 7.92. The molecule has 0 unspecified atom stereocenters. The Morgan fingerprint density at radius 3 is 1.76 bits per heavy atom. The SMILES string of the molecule is CC[N+](CC)(CCO)C1c2ccccc2-c2ccccc21. The summed E-state index contributed by atoms with van der Waals surface area (Å²) in [6.07, 6.45) is 0. The van der Waals surface area contributed by atoms with Gasteiger partial charge in [-0.25, -0.2) is 0 Å². The van der Waals surface area contributed by atoms with Crippen LogP contribution >= 0.6 is 0 Å². The number of fused-ring (bicyclic) bond motifs is 3. The summed E-state index contributed by atoms with van der Waals surface area (Å²) in [5, 5.41) is 9.60. The number of likely N-dealkylation sites (N-methyl/N-ethyl adjacent to an activating group) is 1. The van der Waals surface area contributed by atoms with Crippen LogP contribution in [0.15, 0.2) is 48.5 Å². The number of aliphatic hydroxyl groups excluding tert-OH is 1. The third kappa shape index (κ3) is 2.10. The van der Waals surface area contributed by atoms with Gasteiger partial charge in [-0.1, -0.05) is 48.5 Å². The van der Waals surface area contributed by atoms with Crippen LogP contribution in [-0.4, -0.2) is 35.8 Å². The van der Waals surface area contributed by atoms with E-state index in [1.54, 1.807) is 0 Å². The highest BCUT2D eigenvalue weighted by Gasteiger charge is 2.42. The van der Waals surface area contributed by atoms with Crippen LogP contribution in [0, 0.1) is 0 Å². The van der Waals surface area contributed by atoms with Crippen LogP contribution in [0.4, 0.5) is 0 Å². The predicted molar refractivity (Wildman–Crippen MR) is 87.0 cm³/mol. The number of rotatable bonds is 5. The average molecular weight is 282 g/mol. The molecule has 3 rings (SSSR count). The summed E-state index contributed by atoms with van der Waals surface area (Å²) in [5.74, 6) is 0. The first kappa shape index (κ1) is 14.3. The van der Waals surface area contributed by atoms with E-state index in [0.717, 1.165) is 24.1 Å². The molecule has 0 radical (unpaired) electrons. The molecular formula is C19H24NO+. The highest BCUT2D eigenvalue weighted by Crippen LogP contribution is 2.48. The summed E-state index contributed by atoms with van der Waals surface area (Å²) in [6, 6.07) is 17.8. The molecule has 0 spiro atoms. The number of aliphatic hydroxyl groups is 1. The molecular weight excluding hydrogens is 258 g/mol. The van der Waals surface area contributed by atoms with Crippen molar-refractivity contribution in [2.45, 2.75) is 19.9 Å². The smallest absolute Gasteiger partial charge is 0.142 e. The normalized spacial score (nSPS) is 14.0. The zero-order valence-corrected chi connectivity index (χ0v) is 12.9. The van der Waals surface area contributed by atoms with Gasteiger partial charge in [-0.2, -0.15) is 0 Å². The van der Waals surface area contributed by atoms with Crippen LogP contribution in [0.1, 0.15) is 31.0 Å². The third-order valence-electron chi connectivity index (χ3n) is 5.15. The van der Waals surface area contributed by atoms with E-state index in [2.05, 4.69) is 62.4 Å². The van der Waals surface area contributed by atoms with Gasteiger partial charge in [0.15, 0.2) is 0 Å². The van der Waals surface area contributed by atoms with Crippen molar-refractivity contribution in [1.29, 1.82) is 0 Å². The molecule has 2 nitrogen and oxygen atoms in total. The van der Waals surface area contributed by atoms with Crippen molar-refractivity contribution >= 4 is 0 Å². The van der Waals surface area contributed by atoms with Crippen LogP contribution in [0.25, 0.3) is 11.1 Å². The molecule has 0 heterocycles. The Labute approximate surface area is 127 Å². The molecule has 2 aromatic rings. The molecule has 0 atom stereocenters. The first-order chi connectivity index (χ1) is 10.3. The molecule has 0 saturated carbocycles. The fourth-order valence-electron chi connectivity index (χ4n) is 3.95. The predicted octanol–water partition coefficient (Wildman–Crippen LogP) is 3.61. The second kappa shape index (κ2) is 5.63. The second-order valence-electron chi connectivity index (χ2n) is 5.88. The molecule has 1 aliphatic carbocycles. The third-order valence-corrected chi connectivity index (χ3v) is 5.15. The molecule has 0 amide bonds.